The molecule has 0 fully saturated rings. The lowest BCUT2D eigenvalue weighted by Crippen LogP contribution is -2.22. The van der Waals surface area contributed by atoms with Gasteiger partial charge in [0.1, 0.15) is 0 Å². The van der Waals surface area contributed by atoms with Crippen molar-refractivity contribution in [2.24, 2.45) is 10.3 Å². The highest BCUT2D eigenvalue weighted by atomic mass is 32.1. The van der Waals surface area contributed by atoms with Crippen molar-refractivity contribution in [3.8, 4) is 0 Å². The first-order valence-electron chi connectivity index (χ1n) is 6.33. The fourth-order valence-corrected chi connectivity index (χ4v) is 2.14. The van der Waals surface area contributed by atoms with Gasteiger partial charge in [0.05, 0.1) is 16.8 Å². The van der Waals surface area contributed by atoms with Crippen molar-refractivity contribution >= 4 is 29.2 Å². The van der Waals surface area contributed by atoms with Gasteiger partial charge >= 0.3 is 0 Å². The molecule has 0 aliphatic carbocycles. The fraction of sp³-hybridized carbons (Fsp3) is 0.133. The van der Waals surface area contributed by atoms with Crippen molar-refractivity contribution in [2.75, 3.05) is 6.61 Å². The molecule has 2 rings (SSSR count). The summed E-state index contributed by atoms with van der Waals surface area (Å²) in [6, 6.07) is 13.4. The van der Waals surface area contributed by atoms with Crippen LogP contribution in [0.4, 0.5) is 0 Å². The number of benzene rings is 1. The third-order valence-electron chi connectivity index (χ3n) is 2.48. The van der Waals surface area contributed by atoms with Gasteiger partial charge in [0.25, 0.3) is 5.91 Å². The molecule has 0 aliphatic rings. The van der Waals surface area contributed by atoms with E-state index in [0.29, 0.717) is 0 Å². The van der Waals surface area contributed by atoms with Gasteiger partial charge in [0.15, 0.2) is 6.61 Å². The zero-order chi connectivity index (χ0) is 14.9. The monoisotopic (exact) mass is 301 g/mol. The van der Waals surface area contributed by atoms with E-state index in [-0.39, 0.29) is 12.5 Å². The Labute approximate surface area is 126 Å². The number of hydrogen-bond donors (Lipinski definition) is 1. The number of nitrogens with zero attached hydrogens (tertiary/aromatic N) is 2. The first kappa shape index (κ1) is 14.9. The number of carbonyl (C=O) groups excluding carboxylic acids is 1. The first-order chi connectivity index (χ1) is 10.3. The van der Waals surface area contributed by atoms with Crippen molar-refractivity contribution in [2.45, 2.75) is 6.92 Å². The van der Waals surface area contributed by atoms with Gasteiger partial charge in [-0.1, -0.05) is 41.6 Å². The number of amides is 1. The predicted octanol–water partition coefficient (Wildman–Crippen LogP) is 2.64. The Morgan fingerprint density at radius 1 is 1.29 bits per heavy atom. The minimum atomic E-state index is -0.357. The molecule has 1 aromatic heterocycles. The van der Waals surface area contributed by atoms with Gasteiger partial charge in [0.2, 0.25) is 0 Å². The van der Waals surface area contributed by atoms with E-state index in [4.69, 9.17) is 4.84 Å². The molecular formula is C15H15N3O2S. The van der Waals surface area contributed by atoms with E-state index in [2.05, 4.69) is 15.7 Å². The van der Waals surface area contributed by atoms with E-state index >= 15 is 0 Å². The summed E-state index contributed by atoms with van der Waals surface area (Å²) in [5.41, 5.74) is 4.03. The number of hydrogen-bond acceptors (Lipinski definition) is 5. The SMILES string of the molecule is C/C(=N/OCC(=O)N/N=C\c1ccccc1)c1cccs1. The summed E-state index contributed by atoms with van der Waals surface area (Å²) in [5.74, 6) is -0.357. The number of rotatable bonds is 6. The Bertz CT molecular complexity index is 622. The zero-order valence-corrected chi connectivity index (χ0v) is 12.3. The molecule has 1 heterocycles. The second-order valence-corrected chi connectivity index (χ2v) is 5.08. The summed E-state index contributed by atoms with van der Waals surface area (Å²) in [5, 5.41) is 9.68. The molecule has 1 N–H and O–H groups in total. The van der Waals surface area contributed by atoms with Gasteiger partial charge in [-0.3, -0.25) is 4.79 Å². The van der Waals surface area contributed by atoms with E-state index in [0.717, 1.165) is 16.2 Å². The summed E-state index contributed by atoms with van der Waals surface area (Å²) in [7, 11) is 0. The normalized spacial score (nSPS) is 11.6. The maximum Gasteiger partial charge on any atom is 0.280 e. The molecule has 21 heavy (non-hydrogen) atoms. The maximum atomic E-state index is 11.5. The highest BCUT2D eigenvalue weighted by Crippen LogP contribution is 2.09. The highest BCUT2D eigenvalue weighted by molar-refractivity contribution is 7.12. The van der Waals surface area contributed by atoms with Gasteiger partial charge in [-0.2, -0.15) is 5.10 Å². The third-order valence-corrected chi connectivity index (χ3v) is 3.46. The number of thiophene rings is 1. The second kappa shape index (κ2) is 7.96. The van der Waals surface area contributed by atoms with Crippen LogP contribution in [0.5, 0.6) is 0 Å². The van der Waals surface area contributed by atoms with Crippen LogP contribution in [-0.4, -0.2) is 24.4 Å². The van der Waals surface area contributed by atoms with E-state index in [1.54, 1.807) is 17.6 Å². The van der Waals surface area contributed by atoms with Crippen molar-refractivity contribution in [3.05, 3.63) is 58.3 Å². The van der Waals surface area contributed by atoms with Gasteiger partial charge in [-0.05, 0) is 23.9 Å². The van der Waals surface area contributed by atoms with Crippen LogP contribution in [0.3, 0.4) is 0 Å². The molecule has 0 bridgehead atoms. The molecule has 0 radical (unpaired) electrons. The van der Waals surface area contributed by atoms with Crippen molar-refractivity contribution in [1.29, 1.82) is 0 Å². The molecule has 1 amide bonds. The van der Waals surface area contributed by atoms with Gasteiger partial charge in [0, 0.05) is 0 Å². The summed E-state index contributed by atoms with van der Waals surface area (Å²) < 4.78 is 0. The molecule has 0 saturated heterocycles. The topological polar surface area (TPSA) is 63.0 Å². The van der Waals surface area contributed by atoms with Crippen molar-refractivity contribution in [1.82, 2.24) is 5.43 Å². The van der Waals surface area contributed by atoms with Crippen molar-refractivity contribution < 1.29 is 9.63 Å². The number of oxime groups is 1. The summed E-state index contributed by atoms with van der Waals surface area (Å²) >= 11 is 1.57. The minimum Gasteiger partial charge on any atom is -0.385 e. The summed E-state index contributed by atoms with van der Waals surface area (Å²) in [4.78, 5) is 17.5. The molecule has 1 aromatic carbocycles. The average molecular weight is 301 g/mol. The van der Waals surface area contributed by atoms with E-state index in [9.17, 15) is 4.79 Å². The first-order valence-corrected chi connectivity index (χ1v) is 7.21. The predicted molar refractivity (Wildman–Crippen MR) is 84.7 cm³/mol. The highest BCUT2D eigenvalue weighted by Gasteiger charge is 2.01. The number of hydrazone groups is 1. The maximum absolute atomic E-state index is 11.5. The van der Waals surface area contributed by atoms with Crippen LogP contribution in [0.2, 0.25) is 0 Å². The lowest BCUT2D eigenvalue weighted by atomic mass is 10.2. The number of carbonyl (C=O) groups is 1. The van der Waals surface area contributed by atoms with Gasteiger partial charge in [-0.15, -0.1) is 11.3 Å². The molecule has 6 heteroatoms. The molecule has 2 aromatic rings. The second-order valence-electron chi connectivity index (χ2n) is 4.13. The van der Waals surface area contributed by atoms with Crippen LogP contribution in [-0.2, 0) is 9.63 Å². The Kier molecular flexibility index (Phi) is 5.66. The van der Waals surface area contributed by atoms with Crippen LogP contribution in [0.25, 0.3) is 0 Å². The third kappa shape index (κ3) is 5.19. The lowest BCUT2D eigenvalue weighted by molar-refractivity contribution is -0.125. The largest absolute Gasteiger partial charge is 0.385 e. The fourth-order valence-electron chi connectivity index (χ4n) is 1.47. The standard InChI is InChI=1S/C15H15N3O2S/c1-12(14-8-5-9-21-14)18-20-11-15(19)17-16-10-13-6-3-2-4-7-13/h2-10H,11H2,1H3,(H,17,19)/b16-10-,18-12-. The molecule has 0 unspecified atom stereocenters. The molecule has 0 atom stereocenters. The van der Waals surface area contributed by atoms with E-state index in [1.807, 2.05) is 54.8 Å². The Morgan fingerprint density at radius 2 is 2.10 bits per heavy atom. The quantitative estimate of drug-likeness (QED) is 0.658. The van der Waals surface area contributed by atoms with Crippen LogP contribution in [0.1, 0.15) is 17.4 Å². The zero-order valence-electron chi connectivity index (χ0n) is 11.5. The summed E-state index contributed by atoms with van der Waals surface area (Å²) in [6.07, 6.45) is 1.57. The lowest BCUT2D eigenvalue weighted by Gasteiger charge is -2.00. The number of nitrogens with one attached hydrogen (secondary N) is 1. The Morgan fingerprint density at radius 3 is 2.81 bits per heavy atom. The van der Waals surface area contributed by atoms with Gasteiger partial charge < -0.3 is 4.84 Å². The molecule has 108 valence electrons. The smallest absolute Gasteiger partial charge is 0.280 e. The van der Waals surface area contributed by atoms with Gasteiger partial charge in [-0.25, -0.2) is 5.43 Å². The molecule has 0 aliphatic heterocycles. The van der Waals surface area contributed by atoms with E-state index < -0.39 is 0 Å². The summed E-state index contributed by atoms with van der Waals surface area (Å²) in [6.45, 7) is 1.66. The van der Waals surface area contributed by atoms with Crippen molar-refractivity contribution in [3.63, 3.8) is 0 Å². The molecule has 0 spiro atoms. The molecular weight excluding hydrogens is 286 g/mol. The van der Waals surface area contributed by atoms with Crippen LogP contribution in [0, 0.1) is 0 Å². The Hall–Kier alpha value is -2.47. The minimum absolute atomic E-state index is 0.172. The van der Waals surface area contributed by atoms with Crippen LogP contribution in [0.15, 0.2) is 58.1 Å². The van der Waals surface area contributed by atoms with E-state index in [1.165, 1.54) is 0 Å². The van der Waals surface area contributed by atoms with Crippen LogP contribution < -0.4 is 5.43 Å². The Balaban J connectivity index is 1.73. The molecule has 5 nitrogen and oxygen atoms in total. The molecule has 0 saturated carbocycles. The average Bonchev–Trinajstić information content (AvgIpc) is 3.02. The van der Waals surface area contributed by atoms with Crippen LogP contribution >= 0.6 is 11.3 Å².